The summed E-state index contributed by atoms with van der Waals surface area (Å²) in [6.45, 7) is 3.98. The lowest BCUT2D eigenvalue weighted by atomic mass is 10.0. The first-order valence-electron chi connectivity index (χ1n) is 6.05. The summed E-state index contributed by atoms with van der Waals surface area (Å²) in [5, 5.41) is 0. The second-order valence-electron chi connectivity index (χ2n) is 4.76. The molecule has 1 saturated carbocycles. The Labute approximate surface area is 98.6 Å². The Morgan fingerprint density at radius 3 is 2.60 bits per heavy atom. The van der Waals surface area contributed by atoms with Gasteiger partial charge in [-0.25, -0.2) is 0 Å². The maximum absolute atomic E-state index is 5.69. The van der Waals surface area contributed by atoms with Crippen molar-refractivity contribution in [2.75, 3.05) is 13.2 Å². The predicted octanol–water partition coefficient (Wildman–Crippen LogP) is 3.04. The monoisotopic (exact) mass is 229 g/mol. The van der Waals surface area contributed by atoms with Crippen molar-refractivity contribution >= 4 is 17.2 Å². The third kappa shape index (κ3) is 5.47. The zero-order valence-electron chi connectivity index (χ0n) is 9.76. The lowest BCUT2D eigenvalue weighted by Crippen LogP contribution is -2.19. The summed E-state index contributed by atoms with van der Waals surface area (Å²) in [4.78, 5) is 0.641. The molecule has 3 heteroatoms. The van der Waals surface area contributed by atoms with Gasteiger partial charge >= 0.3 is 0 Å². The third-order valence-corrected chi connectivity index (χ3v) is 3.20. The molecule has 1 aliphatic carbocycles. The van der Waals surface area contributed by atoms with Crippen molar-refractivity contribution in [3.8, 4) is 0 Å². The molecule has 0 amide bonds. The fourth-order valence-corrected chi connectivity index (χ4v) is 2.14. The van der Waals surface area contributed by atoms with Crippen LogP contribution in [-0.2, 0) is 4.74 Å². The summed E-state index contributed by atoms with van der Waals surface area (Å²) in [5.41, 5.74) is 5.89. The summed E-state index contributed by atoms with van der Waals surface area (Å²) < 4.78 is 5.69. The number of hydrogen-bond donors (Lipinski definition) is 1. The molecule has 0 radical (unpaired) electrons. The van der Waals surface area contributed by atoms with Crippen LogP contribution in [-0.4, -0.2) is 18.2 Å². The Hall–Kier alpha value is -0.150. The van der Waals surface area contributed by atoms with E-state index in [0.29, 0.717) is 10.4 Å². The highest BCUT2D eigenvalue weighted by atomic mass is 32.1. The van der Waals surface area contributed by atoms with Gasteiger partial charge in [-0.1, -0.05) is 38.4 Å². The van der Waals surface area contributed by atoms with Gasteiger partial charge in [-0.05, 0) is 19.3 Å². The molecule has 2 N–H and O–H groups in total. The smallest absolute Gasteiger partial charge is 0.0733 e. The highest BCUT2D eigenvalue weighted by molar-refractivity contribution is 7.80. The van der Waals surface area contributed by atoms with E-state index in [4.69, 9.17) is 22.7 Å². The standard InChI is InChI=1S/C12H23NOS/c1-2-3-4-5-8-14-10-12(6-7-12)9-11(13)15/h2-10H2,1H3,(H2,13,15). The van der Waals surface area contributed by atoms with Gasteiger partial charge in [-0.3, -0.25) is 0 Å². The van der Waals surface area contributed by atoms with Crippen molar-refractivity contribution in [2.45, 2.75) is 51.9 Å². The van der Waals surface area contributed by atoms with E-state index >= 15 is 0 Å². The van der Waals surface area contributed by atoms with Crippen molar-refractivity contribution in [1.82, 2.24) is 0 Å². The molecule has 2 nitrogen and oxygen atoms in total. The van der Waals surface area contributed by atoms with Gasteiger partial charge in [-0.2, -0.15) is 0 Å². The Morgan fingerprint density at radius 1 is 1.33 bits per heavy atom. The molecular formula is C12H23NOS. The molecule has 0 saturated heterocycles. The quantitative estimate of drug-likeness (QED) is 0.487. The van der Waals surface area contributed by atoms with Crippen molar-refractivity contribution in [1.29, 1.82) is 0 Å². The number of rotatable bonds is 9. The van der Waals surface area contributed by atoms with E-state index in [-0.39, 0.29) is 0 Å². The maximum Gasteiger partial charge on any atom is 0.0733 e. The fraction of sp³-hybridized carbons (Fsp3) is 0.917. The van der Waals surface area contributed by atoms with E-state index in [1.54, 1.807) is 0 Å². The van der Waals surface area contributed by atoms with E-state index in [2.05, 4.69) is 6.92 Å². The second kappa shape index (κ2) is 6.44. The van der Waals surface area contributed by atoms with Crippen molar-refractivity contribution in [2.24, 2.45) is 11.1 Å². The summed E-state index contributed by atoms with van der Waals surface area (Å²) in [7, 11) is 0. The first-order valence-corrected chi connectivity index (χ1v) is 6.45. The first-order chi connectivity index (χ1) is 7.18. The van der Waals surface area contributed by atoms with Gasteiger partial charge in [0.1, 0.15) is 0 Å². The van der Waals surface area contributed by atoms with Gasteiger partial charge in [0.2, 0.25) is 0 Å². The minimum Gasteiger partial charge on any atom is -0.393 e. The van der Waals surface area contributed by atoms with E-state index in [1.165, 1.54) is 38.5 Å². The number of hydrogen-bond acceptors (Lipinski definition) is 2. The number of unbranched alkanes of at least 4 members (excludes halogenated alkanes) is 3. The molecule has 0 atom stereocenters. The van der Waals surface area contributed by atoms with Gasteiger partial charge in [-0.15, -0.1) is 0 Å². The number of thiocarbonyl (C=S) groups is 1. The Bertz CT molecular complexity index is 202. The molecule has 1 aliphatic rings. The molecule has 15 heavy (non-hydrogen) atoms. The number of ether oxygens (including phenoxy) is 1. The Morgan fingerprint density at radius 2 is 2.07 bits per heavy atom. The number of nitrogens with two attached hydrogens (primary N) is 1. The molecule has 0 aliphatic heterocycles. The van der Waals surface area contributed by atoms with Crippen molar-refractivity contribution in [3.05, 3.63) is 0 Å². The minimum absolute atomic E-state index is 0.330. The SMILES string of the molecule is CCCCCCOCC1(CC(N)=S)CC1. The molecular weight excluding hydrogens is 206 g/mol. The molecule has 0 unspecified atom stereocenters. The van der Waals surface area contributed by atoms with Crippen LogP contribution in [0, 0.1) is 5.41 Å². The minimum atomic E-state index is 0.330. The molecule has 0 aromatic carbocycles. The zero-order chi connectivity index (χ0) is 11.1. The maximum atomic E-state index is 5.69. The van der Waals surface area contributed by atoms with Gasteiger partial charge in [0, 0.05) is 18.4 Å². The van der Waals surface area contributed by atoms with Crippen LogP contribution >= 0.6 is 12.2 Å². The van der Waals surface area contributed by atoms with Crippen molar-refractivity contribution in [3.63, 3.8) is 0 Å². The van der Waals surface area contributed by atoms with Crippen LogP contribution < -0.4 is 5.73 Å². The molecule has 0 aromatic heterocycles. The molecule has 0 spiro atoms. The fourth-order valence-electron chi connectivity index (χ4n) is 1.84. The van der Waals surface area contributed by atoms with E-state index < -0.39 is 0 Å². The van der Waals surface area contributed by atoms with Gasteiger partial charge in [0.25, 0.3) is 0 Å². The largest absolute Gasteiger partial charge is 0.393 e. The summed E-state index contributed by atoms with van der Waals surface area (Å²) >= 11 is 4.94. The topological polar surface area (TPSA) is 35.2 Å². The predicted molar refractivity (Wildman–Crippen MR) is 68.0 cm³/mol. The molecule has 1 fully saturated rings. The molecule has 0 heterocycles. The zero-order valence-corrected chi connectivity index (χ0v) is 10.6. The van der Waals surface area contributed by atoms with Crippen LogP contribution in [0.3, 0.4) is 0 Å². The lowest BCUT2D eigenvalue weighted by Gasteiger charge is -2.14. The highest BCUT2D eigenvalue weighted by Gasteiger charge is 2.43. The van der Waals surface area contributed by atoms with Crippen LogP contribution in [0.25, 0.3) is 0 Å². The summed E-state index contributed by atoms with van der Waals surface area (Å²) in [6.07, 6.45) is 8.43. The summed E-state index contributed by atoms with van der Waals surface area (Å²) in [6, 6.07) is 0. The summed E-state index contributed by atoms with van der Waals surface area (Å²) in [5.74, 6) is 0. The van der Waals surface area contributed by atoms with Crippen LogP contribution in [0.15, 0.2) is 0 Å². The molecule has 1 rings (SSSR count). The molecule has 0 bridgehead atoms. The van der Waals surface area contributed by atoms with Gasteiger partial charge in [0.05, 0.1) is 11.6 Å². The lowest BCUT2D eigenvalue weighted by molar-refractivity contribution is 0.0895. The highest BCUT2D eigenvalue weighted by Crippen LogP contribution is 2.48. The van der Waals surface area contributed by atoms with Crippen LogP contribution in [0.1, 0.15) is 51.9 Å². The van der Waals surface area contributed by atoms with E-state index in [1.807, 2.05) is 0 Å². The average molecular weight is 229 g/mol. The average Bonchev–Trinajstić information content (AvgIpc) is 2.91. The molecule has 88 valence electrons. The second-order valence-corrected chi connectivity index (χ2v) is 5.28. The van der Waals surface area contributed by atoms with Crippen LogP contribution in [0.2, 0.25) is 0 Å². The Balaban J connectivity index is 1.97. The van der Waals surface area contributed by atoms with Crippen LogP contribution in [0.4, 0.5) is 0 Å². The van der Waals surface area contributed by atoms with Gasteiger partial charge in [0.15, 0.2) is 0 Å². The Kier molecular flexibility index (Phi) is 5.54. The van der Waals surface area contributed by atoms with Crippen LogP contribution in [0.5, 0.6) is 0 Å². The normalized spacial score (nSPS) is 17.7. The third-order valence-electron chi connectivity index (χ3n) is 3.06. The molecule has 0 aromatic rings. The van der Waals surface area contributed by atoms with Gasteiger partial charge < -0.3 is 10.5 Å². The van der Waals surface area contributed by atoms with Crippen molar-refractivity contribution < 1.29 is 4.74 Å². The van der Waals surface area contributed by atoms with E-state index in [9.17, 15) is 0 Å². The van der Waals surface area contributed by atoms with E-state index in [0.717, 1.165) is 19.6 Å². The first kappa shape index (κ1) is 12.9.